The Bertz CT molecular complexity index is 451. The fourth-order valence-electron chi connectivity index (χ4n) is 1.94. The molecule has 2 N–H and O–H groups in total. The number of ether oxygens (including phenoxy) is 1. The molecule has 0 atom stereocenters. The average molecular weight is 327 g/mol. The number of likely N-dealkylation sites (tertiary alicyclic amines) is 1. The van der Waals surface area contributed by atoms with Crippen molar-refractivity contribution in [1.29, 1.82) is 0 Å². The van der Waals surface area contributed by atoms with Gasteiger partial charge in [-0.25, -0.2) is 4.79 Å². The van der Waals surface area contributed by atoms with Gasteiger partial charge in [0.1, 0.15) is 5.60 Å². The number of guanidine groups is 1. The minimum Gasteiger partial charge on any atom is -0.444 e. The molecular weight excluding hydrogens is 298 g/mol. The zero-order valence-corrected chi connectivity index (χ0v) is 15.0. The second kappa shape index (κ2) is 8.03. The van der Waals surface area contributed by atoms with E-state index in [-0.39, 0.29) is 18.0 Å². The smallest absolute Gasteiger partial charge is 0.410 e. The number of carbonyl (C=O) groups is 2. The molecule has 0 aromatic heterocycles. The average Bonchev–Trinajstić information content (AvgIpc) is 2.37. The molecule has 0 aromatic rings. The lowest BCUT2D eigenvalue weighted by Gasteiger charge is -2.40. The third-order valence-electron chi connectivity index (χ3n) is 3.23. The number of amides is 2. The van der Waals surface area contributed by atoms with E-state index in [2.05, 4.69) is 15.6 Å². The van der Waals surface area contributed by atoms with Gasteiger partial charge in [0.15, 0.2) is 5.96 Å². The number of hydrogen-bond donors (Lipinski definition) is 2. The highest BCUT2D eigenvalue weighted by atomic mass is 16.6. The first-order valence-electron chi connectivity index (χ1n) is 7.77. The second-order valence-corrected chi connectivity index (χ2v) is 6.76. The van der Waals surface area contributed by atoms with E-state index in [9.17, 15) is 9.59 Å². The minimum atomic E-state index is -0.480. The number of aliphatic imine (C=N–C) groups is 1. The zero-order chi connectivity index (χ0) is 17.6. The fraction of sp³-hybridized carbons (Fsp3) is 0.800. The molecule has 132 valence electrons. The zero-order valence-electron chi connectivity index (χ0n) is 15.0. The first-order chi connectivity index (χ1) is 10.6. The van der Waals surface area contributed by atoms with Crippen LogP contribution in [-0.4, -0.2) is 80.2 Å². The molecule has 23 heavy (non-hydrogen) atoms. The molecule has 2 amide bonds. The summed E-state index contributed by atoms with van der Waals surface area (Å²) >= 11 is 0. The van der Waals surface area contributed by atoms with Crippen LogP contribution in [0.4, 0.5) is 4.79 Å². The maximum atomic E-state index is 11.8. The van der Waals surface area contributed by atoms with E-state index in [4.69, 9.17) is 4.74 Å². The highest BCUT2D eigenvalue weighted by molar-refractivity contribution is 5.81. The Labute approximate surface area is 138 Å². The largest absolute Gasteiger partial charge is 0.444 e. The fourth-order valence-corrected chi connectivity index (χ4v) is 1.94. The Balaban J connectivity index is 2.27. The predicted octanol–water partition coefficient (Wildman–Crippen LogP) is 0.249. The van der Waals surface area contributed by atoms with Gasteiger partial charge in [-0.1, -0.05) is 0 Å². The molecule has 0 aliphatic carbocycles. The second-order valence-electron chi connectivity index (χ2n) is 6.76. The molecule has 8 heteroatoms. The van der Waals surface area contributed by atoms with Crippen molar-refractivity contribution in [2.75, 3.05) is 40.8 Å². The summed E-state index contributed by atoms with van der Waals surface area (Å²) in [6, 6.07) is 0.137. The van der Waals surface area contributed by atoms with E-state index in [1.165, 1.54) is 0 Å². The molecular formula is C15H29N5O3. The van der Waals surface area contributed by atoms with E-state index < -0.39 is 5.60 Å². The normalized spacial score (nSPS) is 15.7. The van der Waals surface area contributed by atoms with Gasteiger partial charge in [-0.15, -0.1) is 0 Å². The molecule has 8 nitrogen and oxygen atoms in total. The van der Waals surface area contributed by atoms with Crippen molar-refractivity contribution in [2.45, 2.75) is 38.8 Å². The summed E-state index contributed by atoms with van der Waals surface area (Å²) in [5.74, 6) is 0.693. The van der Waals surface area contributed by atoms with Crippen molar-refractivity contribution in [3.63, 3.8) is 0 Å². The highest BCUT2D eigenvalue weighted by Gasteiger charge is 2.34. The molecule has 0 spiro atoms. The summed E-state index contributed by atoms with van der Waals surface area (Å²) in [4.78, 5) is 30.7. The van der Waals surface area contributed by atoms with Crippen LogP contribution in [0.3, 0.4) is 0 Å². The summed E-state index contributed by atoms with van der Waals surface area (Å²) in [5, 5.41) is 6.31. The topological polar surface area (TPSA) is 86.3 Å². The van der Waals surface area contributed by atoms with Gasteiger partial charge in [0.2, 0.25) is 5.91 Å². The summed E-state index contributed by atoms with van der Waals surface area (Å²) in [6.07, 6.45) is 0.109. The molecule has 0 unspecified atom stereocenters. The first-order valence-corrected chi connectivity index (χ1v) is 7.77. The lowest BCUT2D eigenvalue weighted by atomic mass is 10.1. The number of nitrogens with one attached hydrogen (secondary N) is 2. The Hall–Kier alpha value is -1.99. The van der Waals surface area contributed by atoms with Crippen LogP contribution in [-0.2, 0) is 9.53 Å². The highest BCUT2D eigenvalue weighted by Crippen LogP contribution is 2.15. The van der Waals surface area contributed by atoms with E-state index in [0.29, 0.717) is 32.0 Å². The van der Waals surface area contributed by atoms with Gasteiger partial charge in [-0.2, -0.15) is 0 Å². The first kappa shape index (κ1) is 19.1. The predicted molar refractivity (Wildman–Crippen MR) is 89.4 cm³/mol. The van der Waals surface area contributed by atoms with Crippen molar-refractivity contribution in [3.05, 3.63) is 0 Å². The molecule has 1 fully saturated rings. The lowest BCUT2D eigenvalue weighted by Crippen LogP contribution is -2.63. The van der Waals surface area contributed by atoms with E-state index in [0.717, 1.165) is 0 Å². The molecule has 0 aromatic carbocycles. The Morgan fingerprint density at radius 1 is 1.30 bits per heavy atom. The van der Waals surface area contributed by atoms with Crippen LogP contribution in [0.25, 0.3) is 0 Å². The molecule has 1 rings (SSSR count). The van der Waals surface area contributed by atoms with Crippen LogP contribution < -0.4 is 10.6 Å². The van der Waals surface area contributed by atoms with E-state index in [1.54, 1.807) is 30.9 Å². The molecule has 1 aliphatic heterocycles. The van der Waals surface area contributed by atoms with Crippen LogP contribution in [0.15, 0.2) is 4.99 Å². The Morgan fingerprint density at radius 3 is 2.39 bits per heavy atom. The van der Waals surface area contributed by atoms with Gasteiger partial charge < -0.3 is 25.2 Å². The van der Waals surface area contributed by atoms with Crippen molar-refractivity contribution in [3.8, 4) is 0 Å². The summed E-state index contributed by atoms with van der Waals surface area (Å²) in [7, 11) is 5.14. The van der Waals surface area contributed by atoms with Crippen molar-refractivity contribution in [2.24, 2.45) is 4.99 Å². The van der Waals surface area contributed by atoms with Gasteiger partial charge in [0, 0.05) is 47.2 Å². The number of rotatable bonds is 4. The Kier molecular flexibility index (Phi) is 6.65. The Morgan fingerprint density at radius 2 is 1.91 bits per heavy atom. The standard InChI is InChI=1S/C15H29N5O3/c1-15(2,3)23-14(22)20-9-11(10-20)18-13(16-4)17-8-7-12(21)19(5)6/h11H,7-10H2,1-6H3,(H2,16,17,18). The molecule has 0 bridgehead atoms. The third kappa shape index (κ3) is 6.75. The van der Waals surface area contributed by atoms with Crippen LogP contribution in [0.2, 0.25) is 0 Å². The summed E-state index contributed by atoms with van der Waals surface area (Å²) in [6.45, 7) is 7.21. The third-order valence-corrected chi connectivity index (χ3v) is 3.23. The number of nitrogens with zero attached hydrogens (tertiary/aromatic N) is 3. The summed E-state index contributed by atoms with van der Waals surface area (Å²) in [5.41, 5.74) is -0.480. The molecule has 0 radical (unpaired) electrons. The van der Waals surface area contributed by atoms with Crippen LogP contribution >= 0.6 is 0 Å². The lowest BCUT2D eigenvalue weighted by molar-refractivity contribution is -0.128. The van der Waals surface area contributed by atoms with Crippen molar-refractivity contribution in [1.82, 2.24) is 20.4 Å². The van der Waals surface area contributed by atoms with E-state index >= 15 is 0 Å². The van der Waals surface area contributed by atoms with Gasteiger partial charge in [0.25, 0.3) is 0 Å². The van der Waals surface area contributed by atoms with Gasteiger partial charge in [-0.3, -0.25) is 9.79 Å². The number of hydrogen-bond acceptors (Lipinski definition) is 4. The van der Waals surface area contributed by atoms with Crippen LogP contribution in [0.5, 0.6) is 0 Å². The maximum Gasteiger partial charge on any atom is 0.410 e. The maximum absolute atomic E-state index is 11.8. The molecule has 1 heterocycles. The molecule has 1 saturated heterocycles. The van der Waals surface area contributed by atoms with Crippen LogP contribution in [0, 0.1) is 0 Å². The van der Waals surface area contributed by atoms with Gasteiger partial charge in [0.05, 0.1) is 6.04 Å². The van der Waals surface area contributed by atoms with Gasteiger partial charge >= 0.3 is 6.09 Å². The minimum absolute atomic E-state index is 0.0627. The van der Waals surface area contributed by atoms with Crippen molar-refractivity contribution >= 4 is 18.0 Å². The van der Waals surface area contributed by atoms with Crippen LogP contribution in [0.1, 0.15) is 27.2 Å². The quantitative estimate of drug-likeness (QED) is 0.571. The number of carbonyl (C=O) groups excluding carboxylic acids is 2. The van der Waals surface area contributed by atoms with E-state index in [1.807, 2.05) is 20.8 Å². The van der Waals surface area contributed by atoms with Gasteiger partial charge in [-0.05, 0) is 20.8 Å². The molecule has 0 saturated carbocycles. The molecule has 1 aliphatic rings. The summed E-state index contributed by atoms with van der Waals surface area (Å²) < 4.78 is 5.31. The SMILES string of the molecule is CN=C(NCCC(=O)N(C)C)NC1CN(C(=O)OC(C)(C)C)C1. The van der Waals surface area contributed by atoms with Crippen molar-refractivity contribution < 1.29 is 14.3 Å². The monoisotopic (exact) mass is 327 g/mol.